The number of nitrogens with zero attached hydrogens (tertiary/aromatic N) is 1. The lowest BCUT2D eigenvalue weighted by molar-refractivity contribution is -0.130. The van der Waals surface area contributed by atoms with Crippen LogP contribution in [0.4, 0.5) is 0 Å². The highest BCUT2D eigenvalue weighted by atomic mass is 16.5. The molecule has 26 heavy (non-hydrogen) atoms. The van der Waals surface area contributed by atoms with Gasteiger partial charge in [-0.2, -0.15) is 0 Å². The number of amides is 1. The molecule has 0 spiro atoms. The Labute approximate surface area is 152 Å². The molecule has 4 rings (SSSR count). The summed E-state index contributed by atoms with van der Waals surface area (Å²) in [5.41, 5.74) is 2.57. The molecule has 5 heteroatoms. The van der Waals surface area contributed by atoms with Crippen LogP contribution in [0.1, 0.15) is 24.2 Å². The monoisotopic (exact) mass is 349 g/mol. The van der Waals surface area contributed by atoms with Crippen molar-refractivity contribution < 1.29 is 9.53 Å². The first kappa shape index (κ1) is 16.8. The zero-order valence-electron chi connectivity index (χ0n) is 14.7. The second-order valence-corrected chi connectivity index (χ2v) is 6.77. The largest absolute Gasteiger partial charge is 0.381 e. The van der Waals surface area contributed by atoms with Gasteiger partial charge in [0.15, 0.2) is 0 Å². The molecule has 1 aliphatic heterocycles. The number of benzene rings is 2. The molecule has 0 saturated carbocycles. The molecule has 1 fully saturated rings. The second kappa shape index (κ2) is 7.30. The molecule has 2 N–H and O–H groups in total. The van der Waals surface area contributed by atoms with Crippen molar-refractivity contribution in [2.45, 2.75) is 24.7 Å². The molecule has 1 amide bonds. The van der Waals surface area contributed by atoms with Gasteiger partial charge in [-0.1, -0.05) is 42.5 Å². The number of imidazole rings is 1. The van der Waals surface area contributed by atoms with Gasteiger partial charge in [-0.3, -0.25) is 4.79 Å². The lowest BCUT2D eigenvalue weighted by atomic mass is 9.73. The van der Waals surface area contributed by atoms with Gasteiger partial charge in [-0.25, -0.2) is 4.98 Å². The lowest BCUT2D eigenvalue weighted by Gasteiger charge is -2.36. The number of rotatable bonds is 5. The summed E-state index contributed by atoms with van der Waals surface area (Å²) in [4.78, 5) is 21.0. The standard InChI is InChI=1S/C21H23N3O2/c25-20(21(11-14-26-15-12-21)16-6-2-1-3-7-16)22-13-10-19-23-17-8-4-5-9-18(17)24-19/h1-9H,10-15H2,(H,22,25)(H,23,24). The van der Waals surface area contributed by atoms with Gasteiger partial charge in [0.05, 0.1) is 16.4 Å². The molecule has 0 atom stereocenters. The Bertz CT molecular complexity index is 849. The summed E-state index contributed by atoms with van der Waals surface area (Å²) >= 11 is 0. The molecule has 1 aromatic heterocycles. The molecule has 134 valence electrons. The Hall–Kier alpha value is -2.66. The van der Waals surface area contributed by atoms with Crippen LogP contribution in [0.2, 0.25) is 0 Å². The number of hydrogen-bond donors (Lipinski definition) is 2. The molecule has 0 unspecified atom stereocenters. The number of hydrogen-bond acceptors (Lipinski definition) is 3. The fourth-order valence-corrected chi connectivity index (χ4v) is 3.71. The van der Waals surface area contributed by atoms with E-state index in [-0.39, 0.29) is 5.91 Å². The van der Waals surface area contributed by atoms with E-state index in [0.29, 0.717) is 39.0 Å². The van der Waals surface area contributed by atoms with Gasteiger partial charge in [-0.15, -0.1) is 0 Å². The number of para-hydroxylation sites is 2. The Morgan fingerprint density at radius 2 is 1.81 bits per heavy atom. The zero-order chi connectivity index (χ0) is 17.8. The normalized spacial score (nSPS) is 16.5. The highest BCUT2D eigenvalue weighted by Gasteiger charge is 2.41. The van der Waals surface area contributed by atoms with Crippen molar-refractivity contribution in [1.29, 1.82) is 0 Å². The van der Waals surface area contributed by atoms with Crippen molar-refractivity contribution in [2.24, 2.45) is 0 Å². The molecule has 0 bridgehead atoms. The van der Waals surface area contributed by atoms with E-state index in [4.69, 9.17) is 4.74 Å². The van der Waals surface area contributed by atoms with E-state index in [1.54, 1.807) is 0 Å². The minimum absolute atomic E-state index is 0.0862. The maximum absolute atomic E-state index is 13.1. The van der Waals surface area contributed by atoms with Crippen molar-refractivity contribution in [3.63, 3.8) is 0 Å². The van der Waals surface area contributed by atoms with Crippen molar-refractivity contribution in [2.75, 3.05) is 19.8 Å². The Morgan fingerprint density at radius 1 is 1.08 bits per heavy atom. The molecule has 1 saturated heterocycles. The fraction of sp³-hybridized carbons (Fsp3) is 0.333. The number of nitrogens with one attached hydrogen (secondary N) is 2. The summed E-state index contributed by atoms with van der Waals surface area (Å²) in [6.07, 6.45) is 2.11. The van der Waals surface area contributed by atoms with Crippen LogP contribution in [0.25, 0.3) is 11.0 Å². The summed E-state index contributed by atoms with van der Waals surface area (Å²) in [6, 6.07) is 18.0. The van der Waals surface area contributed by atoms with Crippen molar-refractivity contribution in [3.05, 3.63) is 66.0 Å². The number of fused-ring (bicyclic) bond motifs is 1. The molecule has 0 radical (unpaired) electrons. The Morgan fingerprint density at radius 3 is 2.58 bits per heavy atom. The van der Waals surface area contributed by atoms with E-state index >= 15 is 0 Å². The van der Waals surface area contributed by atoms with Gasteiger partial charge in [-0.05, 0) is 30.5 Å². The predicted molar refractivity (Wildman–Crippen MR) is 101 cm³/mol. The smallest absolute Gasteiger partial charge is 0.230 e. The molecule has 3 aromatic rings. The number of aromatic amines is 1. The van der Waals surface area contributed by atoms with Gasteiger partial charge in [0.25, 0.3) is 0 Å². The van der Waals surface area contributed by atoms with Crippen LogP contribution < -0.4 is 5.32 Å². The summed E-state index contributed by atoms with van der Waals surface area (Å²) in [7, 11) is 0. The highest BCUT2D eigenvalue weighted by molar-refractivity contribution is 5.88. The molecule has 1 aliphatic rings. The minimum atomic E-state index is -0.493. The molecule has 2 heterocycles. The van der Waals surface area contributed by atoms with Crippen LogP contribution in [-0.2, 0) is 21.4 Å². The van der Waals surface area contributed by atoms with E-state index < -0.39 is 5.41 Å². The summed E-state index contributed by atoms with van der Waals surface area (Å²) in [5, 5.41) is 3.13. The maximum Gasteiger partial charge on any atom is 0.230 e. The highest BCUT2D eigenvalue weighted by Crippen LogP contribution is 2.35. The number of ether oxygens (including phenoxy) is 1. The average molecular weight is 349 g/mol. The van der Waals surface area contributed by atoms with Crippen LogP contribution in [0.15, 0.2) is 54.6 Å². The van der Waals surface area contributed by atoms with Gasteiger partial charge >= 0.3 is 0 Å². The molecule has 5 nitrogen and oxygen atoms in total. The van der Waals surface area contributed by atoms with Gasteiger partial charge < -0.3 is 15.0 Å². The average Bonchev–Trinajstić information content (AvgIpc) is 3.12. The van der Waals surface area contributed by atoms with Crippen LogP contribution in [0.3, 0.4) is 0 Å². The third kappa shape index (κ3) is 3.22. The summed E-state index contributed by atoms with van der Waals surface area (Å²) in [5.74, 6) is 0.982. The number of H-pyrrole nitrogens is 1. The van der Waals surface area contributed by atoms with Crippen molar-refractivity contribution in [3.8, 4) is 0 Å². The zero-order valence-corrected chi connectivity index (χ0v) is 14.7. The molecule has 0 aliphatic carbocycles. The van der Waals surface area contributed by atoms with E-state index in [9.17, 15) is 4.79 Å². The number of carbonyl (C=O) groups excluding carboxylic acids is 1. The van der Waals surface area contributed by atoms with E-state index in [1.165, 1.54) is 0 Å². The van der Waals surface area contributed by atoms with E-state index in [2.05, 4.69) is 15.3 Å². The molecule has 2 aromatic carbocycles. The SMILES string of the molecule is O=C(NCCc1nc2ccccc2[nH]1)C1(c2ccccc2)CCOCC1. The third-order valence-electron chi connectivity index (χ3n) is 5.19. The Balaban J connectivity index is 1.45. The predicted octanol–water partition coefficient (Wildman–Crippen LogP) is 2.97. The second-order valence-electron chi connectivity index (χ2n) is 6.77. The van der Waals surface area contributed by atoms with Gasteiger partial charge in [0.2, 0.25) is 5.91 Å². The quantitative estimate of drug-likeness (QED) is 0.744. The van der Waals surface area contributed by atoms with Gasteiger partial charge in [0, 0.05) is 26.2 Å². The van der Waals surface area contributed by atoms with Gasteiger partial charge in [0.1, 0.15) is 5.82 Å². The van der Waals surface area contributed by atoms with Crippen LogP contribution >= 0.6 is 0 Å². The number of aromatic nitrogens is 2. The van der Waals surface area contributed by atoms with Crippen LogP contribution in [0.5, 0.6) is 0 Å². The van der Waals surface area contributed by atoms with Crippen LogP contribution in [0, 0.1) is 0 Å². The minimum Gasteiger partial charge on any atom is -0.381 e. The Kier molecular flexibility index (Phi) is 4.71. The van der Waals surface area contributed by atoms with E-state index in [1.807, 2.05) is 54.6 Å². The summed E-state index contributed by atoms with van der Waals surface area (Å²) in [6.45, 7) is 1.80. The third-order valence-corrected chi connectivity index (χ3v) is 5.19. The first-order chi connectivity index (χ1) is 12.8. The molecular formula is C21H23N3O2. The lowest BCUT2D eigenvalue weighted by Crippen LogP contribution is -2.48. The van der Waals surface area contributed by atoms with Crippen LogP contribution in [-0.4, -0.2) is 35.6 Å². The maximum atomic E-state index is 13.1. The summed E-state index contributed by atoms with van der Waals surface area (Å²) < 4.78 is 5.51. The van der Waals surface area contributed by atoms with Crippen molar-refractivity contribution in [1.82, 2.24) is 15.3 Å². The topological polar surface area (TPSA) is 67.0 Å². The fourth-order valence-electron chi connectivity index (χ4n) is 3.71. The molecular weight excluding hydrogens is 326 g/mol. The van der Waals surface area contributed by atoms with E-state index in [0.717, 1.165) is 22.4 Å². The first-order valence-electron chi connectivity index (χ1n) is 9.13. The first-order valence-corrected chi connectivity index (χ1v) is 9.13. The van der Waals surface area contributed by atoms with Crippen molar-refractivity contribution >= 4 is 16.9 Å². The number of carbonyl (C=O) groups is 1.